The van der Waals surface area contributed by atoms with Gasteiger partial charge in [0.1, 0.15) is 0 Å². The number of amides is 2. The van der Waals surface area contributed by atoms with Gasteiger partial charge in [-0.05, 0) is 60.0 Å². The number of hydrogen-bond acceptors (Lipinski definition) is 4. The van der Waals surface area contributed by atoms with E-state index < -0.39 is 10.0 Å². The van der Waals surface area contributed by atoms with Gasteiger partial charge in [-0.25, -0.2) is 12.4 Å². The van der Waals surface area contributed by atoms with Crippen LogP contribution in [0.25, 0.3) is 16.5 Å². The summed E-state index contributed by atoms with van der Waals surface area (Å²) in [6, 6.07) is 20.2. The molecule has 0 atom stereocenters. The molecule has 0 aliphatic carbocycles. The Balaban J connectivity index is 1.54. The molecule has 214 valence electrons. The smallest absolute Gasteiger partial charge is 0.268 e. The van der Waals surface area contributed by atoms with Gasteiger partial charge in [0.15, 0.2) is 0 Å². The van der Waals surface area contributed by atoms with E-state index in [9.17, 15) is 18.0 Å². The molecule has 2 amide bonds. The van der Waals surface area contributed by atoms with Crippen LogP contribution in [0.15, 0.2) is 127 Å². The molecule has 0 aliphatic rings. The van der Waals surface area contributed by atoms with E-state index in [1.807, 2.05) is 30.4 Å². The summed E-state index contributed by atoms with van der Waals surface area (Å²) in [5.41, 5.74) is 3.84. The Labute approximate surface area is 246 Å². The lowest BCUT2D eigenvalue weighted by Gasteiger charge is -2.11. The number of hydrogen-bond donors (Lipinski definition) is 1. The van der Waals surface area contributed by atoms with Gasteiger partial charge in [0.2, 0.25) is 0 Å². The first-order chi connectivity index (χ1) is 20.2. The normalized spacial score (nSPS) is 11.9. The third-order valence-corrected chi connectivity index (χ3v) is 8.38. The number of benzene rings is 3. The highest BCUT2D eigenvalue weighted by molar-refractivity contribution is 7.90. The molecule has 0 saturated carbocycles. The van der Waals surface area contributed by atoms with Gasteiger partial charge < -0.3 is 10.2 Å². The Morgan fingerprint density at radius 3 is 2.24 bits per heavy atom. The highest BCUT2D eigenvalue weighted by Crippen LogP contribution is 2.31. The summed E-state index contributed by atoms with van der Waals surface area (Å²) < 4.78 is 28.8. The number of rotatable bonds is 11. The topological polar surface area (TPSA) is 88.5 Å². The molecule has 0 unspecified atom stereocenters. The Morgan fingerprint density at radius 1 is 0.929 bits per heavy atom. The quantitative estimate of drug-likeness (QED) is 0.214. The second kappa shape index (κ2) is 13.1. The SMILES string of the molecule is C=C/C=C\C/C=C(\C=C)c1cn(S(=O)(=O)c2ccc(C(=O)NCc3ccc(C(=O)N(C)C)cc3)cc2)c2ccccc12. The van der Waals surface area contributed by atoms with Gasteiger partial charge in [0.25, 0.3) is 21.8 Å². The minimum atomic E-state index is -3.97. The molecule has 7 nitrogen and oxygen atoms in total. The van der Waals surface area contributed by atoms with Crippen LogP contribution in [-0.4, -0.2) is 43.2 Å². The first kappa shape index (κ1) is 30.0. The number of aromatic nitrogens is 1. The van der Waals surface area contributed by atoms with Crippen molar-refractivity contribution in [2.75, 3.05) is 14.1 Å². The molecular formula is C34H33N3O4S. The summed E-state index contributed by atoms with van der Waals surface area (Å²) >= 11 is 0. The van der Waals surface area contributed by atoms with Gasteiger partial charge >= 0.3 is 0 Å². The Bertz CT molecular complexity index is 1790. The lowest BCUT2D eigenvalue weighted by molar-refractivity contribution is 0.0827. The molecule has 4 rings (SSSR count). The van der Waals surface area contributed by atoms with Gasteiger partial charge in [-0.2, -0.15) is 0 Å². The van der Waals surface area contributed by atoms with E-state index in [1.165, 1.54) is 33.1 Å². The summed E-state index contributed by atoms with van der Waals surface area (Å²) in [5, 5.41) is 3.62. The first-order valence-corrected chi connectivity index (χ1v) is 14.8. The van der Waals surface area contributed by atoms with Crippen LogP contribution in [0.2, 0.25) is 0 Å². The van der Waals surface area contributed by atoms with Crippen molar-refractivity contribution in [1.29, 1.82) is 0 Å². The molecule has 8 heteroatoms. The van der Waals surface area contributed by atoms with Gasteiger partial charge in [0.05, 0.1) is 10.4 Å². The van der Waals surface area contributed by atoms with Crippen LogP contribution >= 0.6 is 0 Å². The van der Waals surface area contributed by atoms with Crippen LogP contribution in [-0.2, 0) is 16.6 Å². The van der Waals surface area contributed by atoms with Crippen molar-refractivity contribution in [2.45, 2.75) is 17.9 Å². The molecule has 3 aromatic carbocycles. The summed E-state index contributed by atoms with van der Waals surface area (Å²) in [5.74, 6) is -0.439. The number of nitrogens with one attached hydrogen (secondary N) is 1. The fourth-order valence-corrected chi connectivity index (χ4v) is 5.82. The number of nitrogens with zero attached hydrogens (tertiary/aromatic N) is 2. The number of allylic oxidation sites excluding steroid dienone is 6. The second-order valence-electron chi connectivity index (χ2n) is 9.73. The van der Waals surface area contributed by atoms with E-state index in [-0.39, 0.29) is 23.3 Å². The third kappa shape index (κ3) is 6.50. The molecule has 1 heterocycles. The van der Waals surface area contributed by atoms with Crippen LogP contribution in [0, 0.1) is 0 Å². The van der Waals surface area contributed by atoms with E-state index in [0.29, 0.717) is 23.1 Å². The van der Waals surface area contributed by atoms with Crippen molar-refractivity contribution in [3.8, 4) is 0 Å². The molecule has 1 aromatic heterocycles. The monoisotopic (exact) mass is 579 g/mol. The molecule has 0 saturated heterocycles. The van der Waals surface area contributed by atoms with Crippen molar-refractivity contribution in [3.63, 3.8) is 0 Å². The van der Waals surface area contributed by atoms with Crippen molar-refractivity contribution in [2.24, 2.45) is 0 Å². The average Bonchev–Trinajstić information content (AvgIpc) is 3.40. The summed E-state index contributed by atoms with van der Waals surface area (Å²) in [7, 11) is -0.591. The van der Waals surface area contributed by atoms with Crippen LogP contribution in [0.4, 0.5) is 0 Å². The fraction of sp³-hybridized carbons (Fsp3) is 0.118. The number of carbonyl (C=O) groups excluding carboxylic acids is 2. The largest absolute Gasteiger partial charge is 0.348 e. The zero-order valence-corrected chi connectivity index (χ0v) is 24.5. The van der Waals surface area contributed by atoms with Crippen LogP contribution < -0.4 is 5.32 Å². The number of fused-ring (bicyclic) bond motifs is 1. The zero-order valence-electron chi connectivity index (χ0n) is 23.7. The van der Waals surface area contributed by atoms with Crippen molar-refractivity contribution in [3.05, 3.63) is 145 Å². The van der Waals surface area contributed by atoms with Gasteiger partial charge in [-0.1, -0.05) is 73.9 Å². The summed E-state index contributed by atoms with van der Waals surface area (Å²) in [6.45, 7) is 7.86. The Kier molecular flexibility index (Phi) is 9.39. The lowest BCUT2D eigenvalue weighted by atomic mass is 10.0. The molecule has 0 bridgehead atoms. The van der Waals surface area contributed by atoms with Crippen LogP contribution in [0.3, 0.4) is 0 Å². The zero-order chi connectivity index (χ0) is 30.3. The molecule has 0 fully saturated rings. The van der Waals surface area contributed by atoms with Crippen LogP contribution in [0.5, 0.6) is 0 Å². The van der Waals surface area contributed by atoms with E-state index in [1.54, 1.807) is 68.8 Å². The Hall–Kier alpha value is -4.95. The van der Waals surface area contributed by atoms with Gasteiger partial charge in [0, 0.05) is 48.9 Å². The van der Waals surface area contributed by atoms with Crippen molar-refractivity contribution in [1.82, 2.24) is 14.2 Å². The second-order valence-corrected chi connectivity index (χ2v) is 11.5. The van der Waals surface area contributed by atoms with E-state index >= 15 is 0 Å². The average molecular weight is 580 g/mol. The summed E-state index contributed by atoms with van der Waals surface area (Å²) in [6.07, 6.45) is 11.5. The van der Waals surface area contributed by atoms with Crippen LogP contribution in [0.1, 0.15) is 38.3 Å². The first-order valence-electron chi connectivity index (χ1n) is 13.3. The highest BCUT2D eigenvalue weighted by Gasteiger charge is 2.22. The number of carbonyl (C=O) groups is 2. The molecule has 0 aliphatic heterocycles. The summed E-state index contributed by atoms with van der Waals surface area (Å²) in [4.78, 5) is 26.4. The van der Waals surface area contributed by atoms with E-state index in [2.05, 4.69) is 18.5 Å². The van der Waals surface area contributed by atoms with Crippen molar-refractivity contribution >= 4 is 38.3 Å². The third-order valence-electron chi connectivity index (χ3n) is 6.69. The molecular weight excluding hydrogens is 546 g/mol. The maximum atomic E-state index is 13.7. The predicted molar refractivity (Wildman–Crippen MR) is 169 cm³/mol. The van der Waals surface area contributed by atoms with Gasteiger partial charge in [-0.3, -0.25) is 9.59 Å². The van der Waals surface area contributed by atoms with E-state index in [4.69, 9.17) is 0 Å². The minimum Gasteiger partial charge on any atom is -0.348 e. The lowest BCUT2D eigenvalue weighted by Crippen LogP contribution is -2.23. The van der Waals surface area contributed by atoms with Crippen molar-refractivity contribution < 1.29 is 18.0 Å². The molecule has 0 spiro atoms. The molecule has 4 aromatic rings. The molecule has 0 radical (unpaired) electrons. The Morgan fingerprint density at radius 2 is 1.60 bits per heavy atom. The number of para-hydroxylation sites is 1. The van der Waals surface area contributed by atoms with Gasteiger partial charge in [-0.15, -0.1) is 0 Å². The highest BCUT2D eigenvalue weighted by atomic mass is 32.2. The fourth-order valence-electron chi connectivity index (χ4n) is 4.45. The standard InChI is InChI=1S/C34H33N3O4S/c1-5-7-8-9-12-26(6-2)31-24-37(32-14-11-10-13-30(31)32)42(40,41)29-21-19-27(20-22-29)33(38)35-23-25-15-17-28(18-16-25)34(39)36(3)4/h5-8,10-22,24H,1-2,9,23H2,3-4H3,(H,35,38)/b8-7-,26-12+. The molecule has 42 heavy (non-hydrogen) atoms. The maximum absolute atomic E-state index is 13.7. The predicted octanol–water partition coefficient (Wildman–Crippen LogP) is 6.21. The van der Waals surface area contributed by atoms with E-state index in [0.717, 1.165) is 22.1 Å². The molecule has 1 N–H and O–H groups in total. The minimum absolute atomic E-state index is 0.0607. The maximum Gasteiger partial charge on any atom is 0.268 e.